The van der Waals surface area contributed by atoms with Crippen molar-refractivity contribution in [1.29, 1.82) is 0 Å². The molecule has 0 bridgehead atoms. The molecule has 1 amide bonds. The molecule has 1 atom stereocenters. The average molecular weight is 419 g/mol. The summed E-state index contributed by atoms with van der Waals surface area (Å²) in [6, 6.07) is 4.81. The summed E-state index contributed by atoms with van der Waals surface area (Å²) in [7, 11) is -0.575. The van der Waals surface area contributed by atoms with Crippen LogP contribution in [0.2, 0.25) is 0 Å². The number of aliphatic carboxylic acids is 1. The van der Waals surface area contributed by atoms with E-state index in [1.165, 1.54) is 19.2 Å². The van der Waals surface area contributed by atoms with E-state index in [0.29, 0.717) is 25.0 Å². The van der Waals surface area contributed by atoms with Crippen LogP contribution in [0.4, 0.5) is 5.69 Å². The normalized spacial score (nSPS) is 16.8. The van der Waals surface area contributed by atoms with Gasteiger partial charge in [0.25, 0.3) is 0 Å². The smallest absolute Gasteiger partial charge is 0.329 e. The van der Waals surface area contributed by atoms with Crippen molar-refractivity contribution in [2.45, 2.75) is 18.1 Å². The minimum Gasteiger partial charge on any atom is -0.480 e. The van der Waals surface area contributed by atoms with E-state index in [0.717, 1.165) is 4.90 Å². The first kappa shape index (κ1) is 22.4. The van der Waals surface area contributed by atoms with E-state index < -0.39 is 39.0 Å². The molecule has 154 valence electrons. The highest BCUT2D eigenvalue weighted by atomic mass is 32.2. The van der Waals surface area contributed by atoms with E-state index in [1.54, 1.807) is 19.2 Å². The maximum atomic E-state index is 11.9. The molecule has 1 saturated heterocycles. The molecule has 1 aromatic carbocycles. The maximum absolute atomic E-state index is 11.9. The third kappa shape index (κ3) is 5.36. The van der Waals surface area contributed by atoms with E-state index in [4.69, 9.17) is 9.47 Å². The molecule has 1 aromatic rings. The third-order valence-electron chi connectivity index (χ3n) is 4.41. The fraction of sp³-hybridized carbons (Fsp3) is 0.400. The number of carbonyl (C=O) groups excluding carboxylic acids is 1. The minimum atomic E-state index is -3.40. The number of benzene rings is 1. The number of methoxy groups -OCH3 is 2. The summed E-state index contributed by atoms with van der Waals surface area (Å²) in [6.07, 6.45) is 0.929. The fourth-order valence-electron chi connectivity index (χ4n) is 3.04. The summed E-state index contributed by atoms with van der Waals surface area (Å²) in [5.41, 5.74) is -0.591. The van der Waals surface area contributed by atoms with Crippen molar-refractivity contribution in [3.8, 4) is 23.7 Å². The Morgan fingerprint density at radius 1 is 1.28 bits per heavy atom. The first-order valence-electron chi connectivity index (χ1n) is 8.58. The number of carbonyl (C=O) groups is 2. The van der Waals surface area contributed by atoms with E-state index in [-0.39, 0.29) is 5.69 Å². The van der Waals surface area contributed by atoms with Crippen LogP contribution >= 0.6 is 0 Å². The lowest BCUT2D eigenvalue weighted by molar-refractivity contribution is -0.146. The molecular weight excluding hydrogens is 398 g/mol. The summed E-state index contributed by atoms with van der Waals surface area (Å²) >= 11 is 0. The molecule has 0 radical (unpaired) electrons. The Labute approximate surface area is 169 Å². The quantitative estimate of drug-likeness (QED) is 0.367. The van der Waals surface area contributed by atoms with E-state index in [1.807, 2.05) is 0 Å². The van der Waals surface area contributed by atoms with Gasteiger partial charge in [-0.05, 0) is 36.1 Å². The van der Waals surface area contributed by atoms with Gasteiger partial charge in [-0.15, -0.1) is 0 Å². The second kappa shape index (κ2) is 9.57. The Morgan fingerprint density at radius 3 is 2.41 bits per heavy atom. The zero-order chi connectivity index (χ0) is 21.5. The molecule has 0 aromatic heterocycles. The molecule has 0 aliphatic carbocycles. The van der Waals surface area contributed by atoms with Crippen LogP contribution in [0, 0.1) is 23.7 Å². The van der Waals surface area contributed by atoms with Crippen molar-refractivity contribution in [1.82, 2.24) is 0 Å². The molecule has 1 aliphatic rings. The summed E-state index contributed by atoms with van der Waals surface area (Å²) in [6.45, 7) is 0.528. The molecule has 0 saturated carbocycles. The number of hydrogen-bond donors (Lipinski definition) is 1. The average Bonchev–Trinajstić information content (AvgIpc) is 2.67. The van der Waals surface area contributed by atoms with Crippen molar-refractivity contribution < 1.29 is 32.6 Å². The van der Waals surface area contributed by atoms with Crippen molar-refractivity contribution in [3.63, 3.8) is 0 Å². The highest BCUT2D eigenvalue weighted by Crippen LogP contribution is 2.35. The first-order valence-corrected chi connectivity index (χ1v) is 10.4. The van der Waals surface area contributed by atoms with Gasteiger partial charge in [0.05, 0.1) is 18.1 Å². The molecule has 0 spiro atoms. The van der Waals surface area contributed by atoms with Gasteiger partial charge < -0.3 is 14.6 Å². The third-order valence-corrected chi connectivity index (χ3v) is 6.27. The molecule has 1 unspecified atom stereocenters. The van der Waals surface area contributed by atoms with Gasteiger partial charge in [-0.1, -0.05) is 11.8 Å². The van der Waals surface area contributed by atoms with Gasteiger partial charge in [0, 0.05) is 31.9 Å². The number of carboxylic acids is 1. The van der Waals surface area contributed by atoms with Crippen LogP contribution in [-0.2, 0) is 28.9 Å². The standard InChI is InChI=1S/C20H21NO7S/c1-27-12-6-4-3-5-7-16-8-10-17(11-9-16)21(15-22)18(19(23)24)20(28-2)13-29(25,26)14-20/h8-11,15,18H,6,12-14H2,1-2H3,(H,23,24). The van der Waals surface area contributed by atoms with Crippen molar-refractivity contribution in [3.05, 3.63) is 29.8 Å². The van der Waals surface area contributed by atoms with Crippen molar-refractivity contribution in [2.75, 3.05) is 37.2 Å². The van der Waals surface area contributed by atoms with Gasteiger partial charge in [-0.3, -0.25) is 9.69 Å². The molecule has 9 heteroatoms. The topological polar surface area (TPSA) is 110 Å². The van der Waals surface area contributed by atoms with Crippen LogP contribution in [-0.4, -0.2) is 69.9 Å². The van der Waals surface area contributed by atoms with E-state index >= 15 is 0 Å². The number of carboxylic acid groups (broad SMARTS) is 1. The van der Waals surface area contributed by atoms with E-state index in [9.17, 15) is 23.1 Å². The number of amides is 1. The number of sulfone groups is 1. The largest absolute Gasteiger partial charge is 0.480 e. The summed E-state index contributed by atoms with van der Waals surface area (Å²) in [5, 5.41) is 9.68. The molecule has 1 fully saturated rings. The number of ether oxygens (including phenoxy) is 2. The van der Waals surface area contributed by atoms with Crippen LogP contribution in [0.3, 0.4) is 0 Å². The highest BCUT2D eigenvalue weighted by Gasteiger charge is 2.59. The molecule has 29 heavy (non-hydrogen) atoms. The summed E-state index contributed by atoms with van der Waals surface area (Å²) in [5.74, 6) is 8.77. The Morgan fingerprint density at radius 2 is 1.93 bits per heavy atom. The zero-order valence-electron chi connectivity index (χ0n) is 16.0. The molecule has 1 heterocycles. The maximum Gasteiger partial charge on any atom is 0.329 e. The molecular formula is C20H21NO7S. The fourth-order valence-corrected chi connectivity index (χ4v) is 4.99. The molecule has 1 aliphatic heterocycles. The monoisotopic (exact) mass is 419 g/mol. The second-order valence-corrected chi connectivity index (χ2v) is 8.46. The van der Waals surface area contributed by atoms with Crippen molar-refractivity contribution in [2.24, 2.45) is 0 Å². The van der Waals surface area contributed by atoms with E-state index in [2.05, 4.69) is 23.7 Å². The Bertz CT molecular complexity index is 966. The first-order chi connectivity index (χ1) is 13.8. The predicted molar refractivity (Wildman–Crippen MR) is 106 cm³/mol. The van der Waals surface area contributed by atoms with Gasteiger partial charge in [0.1, 0.15) is 5.60 Å². The Balaban J connectivity index is 2.24. The minimum absolute atomic E-state index is 0.282. The lowest BCUT2D eigenvalue weighted by Gasteiger charge is -2.46. The van der Waals surface area contributed by atoms with Crippen LogP contribution in [0.1, 0.15) is 12.0 Å². The summed E-state index contributed by atoms with van der Waals surface area (Å²) in [4.78, 5) is 24.5. The van der Waals surface area contributed by atoms with Gasteiger partial charge in [0.2, 0.25) is 6.41 Å². The van der Waals surface area contributed by atoms with Crippen LogP contribution < -0.4 is 4.90 Å². The number of hydrogen-bond acceptors (Lipinski definition) is 6. The predicted octanol–water partition coefficient (Wildman–Crippen LogP) is 0.308. The lowest BCUT2D eigenvalue weighted by Crippen LogP contribution is -2.70. The highest BCUT2D eigenvalue weighted by molar-refractivity contribution is 7.93. The van der Waals surface area contributed by atoms with Gasteiger partial charge in [-0.2, -0.15) is 0 Å². The zero-order valence-corrected chi connectivity index (χ0v) is 16.9. The van der Waals surface area contributed by atoms with Gasteiger partial charge >= 0.3 is 5.97 Å². The van der Waals surface area contributed by atoms with Gasteiger partial charge in [-0.25, -0.2) is 13.2 Å². The summed E-state index contributed by atoms with van der Waals surface area (Å²) < 4.78 is 33.4. The number of anilines is 1. The molecule has 1 N–H and O–H groups in total. The lowest BCUT2D eigenvalue weighted by atomic mass is 9.95. The van der Waals surface area contributed by atoms with Crippen LogP contribution in [0.25, 0.3) is 0 Å². The van der Waals surface area contributed by atoms with Crippen LogP contribution in [0.15, 0.2) is 24.3 Å². The Hall–Kier alpha value is -2.85. The van der Waals surface area contributed by atoms with Gasteiger partial charge in [0.15, 0.2) is 15.9 Å². The number of rotatable bonds is 8. The number of nitrogens with zero attached hydrogens (tertiary/aromatic N) is 1. The molecule has 2 rings (SSSR count). The SMILES string of the molecule is COCCC#CC#Cc1ccc(N(C=O)C(C(=O)O)C2(OC)CS(=O)(=O)C2)cc1. The van der Waals surface area contributed by atoms with Crippen LogP contribution in [0.5, 0.6) is 0 Å². The van der Waals surface area contributed by atoms with Crippen molar-refractivity contribution >= 4 is 27.9 Å². The molecule has 8 nitrogen and oxygen atoms in total. The Kier molecular flexibility index (Phi) is 7.40. The second-order valence-electron chi connectivity index (χ2n) is 6.40.